The monoisotopic (exact) mass is 310 g/mol. The van der Waals surface area contributed by atoms with Gasteiger partial charge >= 0.3 is 0 Å². The molecule has 0 aliphatic rings. The Morgan fingerprint density at radius 2 is 1.62 bits per heavy atom. The maximum Gasteiger partial charge on any atom is 0.237 e. The van der Waals surface area contributed by atoms with Gasteiger partial charge in [-0.1, -0.05) is 0 Å². The lowest BCUT2D eigenvalue weighted by Gasteiger charge is -2.14. The number of nitrogens with zero attached hydrogens (tertiary/aromatic N) is 2. The van der Waals surface area contributed by atoms with E-state index in [1.165, 1.54) is 27.5 Å². The summed E-state index contributed by atoms with van der Waals surface area (Å²) in [4.78, 5) is 8.22. The molecule has 6 nitrogen and oxygen atoms in total. The highest BCUT2D eigenvalue weighted by atomic mass is 35.5. The first-order valence-corrected chi connectivity index (χ1v) is 6.60. The Bertz CT molecular complexity index is 579. The molecule has 0 saturated carbocycles. The number of ether oxygens (including phenoxy) is 4. The molecule has 0 fully saturated rings. The molecule has 0 aliphatic carbocycles. The summed E-state index contributed by atoms with van der Waals surface area (Å²) in [7, 11) is 4.61. The van der Waals surface area contributed by atoms with E-state index in [0.717, 1.165) is 0 Å². The summed E-state index contributed by atoms with van der Waals surface area (Å²) >= 11 is 5.66. The van der Waals surface area contributed by atoms with Crippen LogP contribution < -0.4 is 18.9 Å². The second-order valence-corrected chi connectivity index (χ2v) is 4.21. The molecule has 2 rings (SSSR count). The molecule has 21 heavy (non-hydrogen) atoms. The normalized spacial score (nSPS) is 10.1. The zero-order valence-electron chi connectivity index (χ0n) is 11.9. The Labute approximate surface area is 127 Å². The third kappa shape index (κ3) is 3.46. The Kier molecular flexibility index (Phi) is 5.05. The fourth-order valence-electron chi connectivity index (χ4n) is 1.70. The van der Waals surface area contributed by atoms with Crippen LogP contribution in [0.4, 0.5) is 0 Å². The average Bonchev–Trinajstić information content (AvgIpc) is 2.54. The van der Waals surface area contributed by atoms with Gasteiger partial charge < -0.3 is 18.9 Å². The number of hydrogen-bond acceptors (Lipinski definition) is 6. The number of hydrogen-bond donors (Lipinski definition) is 0. The topological polar surface area (TPSA) is 62.7 Å². The second-order valence-electron chi connectivity index (χ2n) is 3.94. The van der Waals surface area contributed by atoms with Gasteiger partial charge in [-0.05, 0) is 0 Å². The van der Waals surface area contributed by atoms with Crippen molar-refractivity contribution in [2.45, 2.75) is 5.88 Å². The van der Waals surface area contributed by atoms with Crippen molar-refractivity contribution in [3.63, 3.8) is 0 Å². The van der Waals surface area contributed by atoms with Crippen LogP contribution in [0.1, 0.15) is 5.69 Å². The Hall–Kier alpha value is -2.21. The molecule has 0 spiro atoms. The van der Waals surface area contributed by atoms with Crippen molar-refractivity contribution >= 4 is 11.6 Å². The summed E-state index contributed by atoms with van der Waals surface area (Å²) < 4.78 is 21.4. The number of halogens is 1. The van der Waals surface area contributed by atoms with E-state index in [-0.39, 0.29) is 0 Å². The second kappa shape index (κ2) is 6.99. The van der Waals surface area contributed by atoms with Crippen LogP contribution in [-0.4, -0.2) is 31.3 Å². The van der Waals surface area contributed by atoms with E-state index in [2.05, 4.69) is 9.97 Å². The fraction of sp³-hybridized carbons (Fsp3) is 0.286. The predicted octanol–water partition coefficient (Wildman–Crippen LogP) is 3.03. The molecule has 0 unspecified atom stereocenters. The Morgan fingerprint density at radius 3 is 2.05 bits per heavy atom. The van der Waals surface area contributed by atoms with Crippen LogP contribution in [0.5, 0.6) is 28.9 Å². The van der Waals surface area contributed by atoms with Gasteiger partial charge in [0.25, 0.3) is 0 Å². The Balaban J connectivity index is 2.30. The number of rotatable bonds is 6. The SMILES string of the molecule is COc1cc(Oc2cnc(CCl)cn2)cc(OC)c1OC. The van der Waals surface area contributed by atoms with Gasteiger partial charge in [-0.15, -0.1) is 11.6 Å². The van der Waals surface area contributed by atoms with E-state index >= 15 is 0 Å². The van der Waals surface area contributed by atoms with Gasteiger partial charge in [-0.2, -0.15) is 0 Å². The molecule has 0 atom stereocenters. The van der Waals surface area contributed by atoms with E-state index in [1.54, 1.807) is 18.3 Å². The molecule has 0 N–H and O–H groups in total. The van der Waals surface area contributed by atoms with Crippen molar-refractivity contribution in [3.8, 4) is 28.9 Å². The van der Waals surface area contributed by atoms with Gasteiger partial charge in [0.2, 0.25) is 11.6 Å². The third-order valence-electron chi connectivity index (χ3n) is 2.68. The predicted molar refractivity (Wildman–Crippen MR) is 77.8 cm³/mol. The quantitative estimate of drug-likeness (QED) is 0.764. The molecule has 7 heteroatoms. The first-order valence-electron chi connectivity index (χ1n) is 6.06. The van der Waals surface area contributed by atoms with Crippen molar-refractivity contribution in [2.24, 2.45) is 0 Å². The van der Waals surface area contributed by atoms with Crippen molar-refractivity contribution in [1.29, 1.82) is 0 Å². The molecule has 0 amide bonds. The van der Waals surface area contributed by atoms with Gasteiger partial charge in [0.1, 0.15) is 5.75 Å². The van der Waals surface area contributed by atoms with Crippen molar-refractivity contribution in [1.82, 2.24) is 9.97 Å². The standard InChI is InChI=1S/C14H15ClN2O4/c1-18-11-4-10(5-12(19-2)14(11)20-3)21-13-8-16-9(6-15)7-17-13/h4-5,7-8H,6H2,1-3H3. The van der Waals surface area contributed by atoms with Gasteiger partial charge in [0, 0.05) is 12.1 Å². The van der Waals surface area contributed by atoms with Gasteiger partial charge in [-0.25, -0.2) is 4.98 Å². The summed E-state index contributed by atoms with van der Waals surface area (Å²) in [5, 5.41) is 0. The maximum atomic E-state index is 5.66. The van der Waals surface area contributed by atoms with Crippen LogP contribution >= 0.6 is 11.6 Å². The van der Waals surface area contributed by atoms with Crippen LogP contribution in [0.25, 0.3) is 0 Å². The lowest BCUT2D eigenvalue weighted by molar-refractivity contribution is 0.320. The molecule has 0 bridgehead atoms. The molecular formula is C14H15ClN2O4. The Morgan fingerprint density at radius 1 is 0.952 bits per heavy atom. The minimum atomic E-state index is 0.303. The summed E-state index contributed by atoms with van der Waals surface area (Å²) in [6, 6.07) is 3.36. The van der Waals surface area contributed by atoms with E-state index in [9.17, 15) is 0 Å². The zero-order chi connectivity index (χ0) is 15.2. The number of aromatic nitrogens is 2. The van der Waals surface area contributed by atoms with Crippen molar-refractivity contribution in [2.75, 3.05) is 21.3 Å². The van der Waals surface area contributed by atoms with E-state index in [1.807, 2.05) is 0 Å². The molecule has 0 radical (unpaired) electrons. The lowest BCUT2D eigenvalue weighted by atomic mass is 10.2. The molecule has 0 aliphatic heterocycles. The number of alkyl halides is 1. The highest BCUT2D eigenvalue weighted by Gasteiger charge is 2.14. The highest BCUT2D eigenvalue weighted by molar-refractivity contribution is 6.16. The van der Waals surface area contributed by atoms with E-state index in [4.69, 9.17) is 30.5 Å². The minimum Gasteiger partial charge on any atom is -0.493 e. The van der Waals surface area contributed by atoms with Crippen molar-refractivity contribution < 1.29 is 18.9 Å². The summed E-state index contributed by atoms with van der Waals surface area (Å²) in [6.07, 6.45) is 3.06. The number of benzene rings is 1. The number of methoxy groups -OCH3 is 3. The maximum absolute atomic E-state index is 5.66. The highest BCUT2D eigenvalue weighted by Crippen LogP contribution is 2.41. The average molecular weight is 311 g/mol. The fourth-order valence-corrected chi connectivity index (χ4v) is 1.84. The van der Waals surface area contributed by atoms with Crippen LogP contribution in [-0.2, 0) is 5.88 Å². The zero-order valence-corrected chi connectivity index (χ0v) is 12.7. The first kappa shape index (κ1) is 15.2. The molecule has 1 aromatic heterocycles. The third-order valence-corrected chi connectivity index (χ3v) is 2.95. The van der Waals surface area contributed by atoms with Crippen molar-refractivity contribution in [3.05, 3.63) is 30.2 Å². The molecule has 112 valence electrons. The van der Waals surface area contributed by atoms with Crippen LogP contribution in [0.15, 0.2) is 24.5 Å². The first-order chi connectivity index (χ1) is 10.2. The molecule has 2 aromatic rings. The smallest absolute Gasteiger partial charge is 0.237 e. The molecule has 1 heterocycles. The molecule has 1 aromatic carbocycles. The van der Waals surface area contributed by atoms with E-state index in [0.29, 0.717) is 40.5 Å². The van der Waals surface area contributed by atoms with Gasteiger partial charge in [0.05, 0.1) is 45.3 Å². The van der Waals surface area contributed by atoms with Gasteiger partial charge in [-0.3, -0.25) is 4.98 Å². The largest absolute Gasteiger partial charge is 0.493 e. The minimum absolute atomic E-state index is 0.303. The van der Waals surface area contributed by atoms with Crippen LogP contribution in [0, 0.1) is 0 Å². The van der Waals surface area contributed by atoms with Crippen LogP contribution in [0.3, 0.4) is 0 Å². The lowest BCUT2D eigenvalue weighted by Crippen LogP contribution is -1.97. The summed E-state index contributed by atoms with van der Waals surface area (Å²) in [6.45, 7) is 0. The summed E-state index contributed by atoms with van der Waals surface area (Å²) in [5.41, 5.74) is 0.675. The van der Waals surface area contributed by atoms with Gasteiger partial charge in [0.15, 0.2) is 11.5 Å². The van der Waals surface area contributed by atoms with E-state index < -0.39 is 0 Å². The molecular weight excluding hydrogens is 296 g/mol. The summed E-state index contributed by atoms with van der Waals surface area (Å²) in [5.74, 6) is 2.64. The van der Waals surface area contributed by atoms with Crippen LogP contribution in [0.2, 0.25) is 0 Å². The molecule has 0 saturated heterocycles.